The number of carbonyl (C=O) groups is 2. The van der Waals surface area contributed by atoms with Crippen LogP contribution in [0.4, 0.5) is 0 Å². The minimum atomic E-state index is -0.723. The van der Waals surface area contributed by atoms with E-state index in [0.717, 1.165) is 11.1 Å². The molecule has 0 radical (unpaired) electrons. The molecule has 3 rings (SSSR count). The zero-order valence-electron chi connectivity index (χ0n) is 12.3. The van der Waals surface area contributed by atoms with E-state index in [0.29, 0.717) is 17.4 Å². The van der Waals surface area contributed by atoms with E-state index in [1.807, 2.05) is 55.5 Å². The minimum Gasteiger partial charge on any atom is -0.273 e. The maximum Gasteiger partial charge on any atom is 0.261 e. The number of imide groups is 1. The van der Waals surface area contributed by atoms with E-state index in [4.69, 9.17) is 0 Å². The highest BCUT2D eigenvalue weighted by atomic mass is 79.9. The molecule has 2 aromatic carbocycles. The van der Waals surface area contributed by atoms with E-state index in [9.17, 15) is 9.59 Å². The smallest absolute Gasteiger partial charge is 0.261 e. The molecule has 1 unspecified atom stereocenters. The summed E-state index contributed by atoms with van der Waals surface area (Å²) in [7, 11) is 0. The van der Waals surface area contributed by atoms with Gasteiger partial charge < -0.3 is 0 Å². The number of hydrogen-bond acceptors (Lipinski definition) is 2. The first-order chi connectivity index (χ1) is 10.6. The van der Waals surface area contributed by atoms with Crippen LogP contribution in [0.5, 0.6) is 0 Å². The Bertz CT molecular complexity index is 729. The van der Waals surface area contributed by atoms with Crippen LogP contribution in [0, 0.1) is 0 Å². The summed E-state index contributed by atoms with van der Waals surface area (Å²) in [6, 6.07) is 16.9. The van der Waals surface area contributed by atoms with Crippen LogP contribution in [0.2, 0.25) is 0 Å². The second-order valence-corrected chi connectivity index (χ2v) is 6.25. The zero-order valence-corrected chi connectivity index (χ0v) is 13.8. The lowest BCUT2D eigenvalue weighted by atomic mass is 9.77. The molecule has 1 aliphatic rings. The van der Waals surface area contributed by atoms with Gasteiger partial charge in [0.15, 0.2) is 0 Å². The standard InChI is InChI=1S/C18H16BrNO2/c1-18(12-19)15-10-6-5-9-14(15)16(21)20(17(18)22)11-13-7-3-2-4-8-13/h2-10H,11-12H2,1H3. The molecule has 112 valence electrons. The summed E-state index contributed by atoms with van der Waals surface area (Å²) in [4.78, 5) is 27.0. The molecule has 0 fully saturated rings. The van der Waals surface area contributed by atoms with Crippen molar-refractivity contribution in [3.05, 3.63) is 71.3 Å². The maximum absolute atomic E-state index is 12.9. The number of benzene rings is 2. The van der Waals surface area contributed by atoms with Gasteiger partial charge in [-0.15, -0.1) is 0 Å². The predicted molar refractivity (Wildman–Crippen MR) is 88.9 cm³/mol. The quantitative estimate of drug-likeness (QED) is 0.622. The number of fused-ring (bicyclic) bond motifs is 1. The highest BCUT2D eigenvalue weighted by molar-refractivity contribution is 9.09. The maximum atomic E-state index is 12.9. The second-order valence-electron chi connectivity index (χ2n) is 5.69. The van der Waals surface area contributed by atoms with Crippen LogP contribution in [-0.2, 0) is 16.8 Å². The lowest BCUT2D eigenvalue weighted by molar-refractivity contribution is -0.134. The number of hydrogen-bond donors (Lipinski definition) is 0. The van der Waals surface area contributed by atoms with Crippen molar-refractivity contribution >= 4 is 27.7 Å². The van der Waals surface area contributed by atoms with Crippen molar-refractivity contribution in [1.82, 2.24) is 4.90 Å². The fourth-order valence-electron chi connectivity index (χ4n) is 2.84. The molecule has 22 heavy (non-hydrogen) atoms. The first-order valence-corrected chi connectivity index (χ1v) is 8.26. The van der Waals surface area contributed by atoms with Crippen LogP contribution < -0.4 is 0 Å². The molecule has 1 atom stereocenters. The minimum absolute atomic E-state index is 0.156. The molecule has 0 aromatic heterocycles. The van der Waals surface area contributed by atoms with Crippen LogP contribution in [0.3, 0.4) is 0 Å². The van der Waals surface area contributed by atoms with Gasteiger partial charge >= 0.3 is 0 Å². The van der Waals surface area contributed by atoms with Crippen molar-refractivity contribution in [3.63, 3.8) is 0 Å². The van der Waals surface area contributed by atoms with E-state index >= 15 is 0 Å². The van der Waals surface area contributed by atoms with Gasteiger partial charge in [-0.25, -0.2) is 0 Å². The number of nitrogens with zero attached hydrogens (tertiary/aromatic N) is 1. The van der Waals surface area contributed by atoms with Crippen molar-refractivity contribution in [2.24, 2.45) is 0 Å². The van der Waals surface area contributed by atoms with Gasteiger partial charge in [-0.2, -0.15) is 0 Å². The molecule has 0 N–H and O–H groups in total. The Hall–Kier alpha value is -1.94. The molecule has 4 heteroatoms. The Balaban J connectivity index is 2.07. The van der Waals surface area contributed by atoms with Gasteiger partial charge in [-0.3, -0.25) is 14.5 Å². The highest BCUT2D eigenvalue weighted by Gasteiger charge is 2.46. The third-order valence-electron chi connectivity index (χ3n) is 4.17. The second kappa shape index (κ2) is 5.69. The topological polar surface area (TPSA) is 37.4 Å². The number of alkyl halides is 1. The van der Waals surface area contributed by atoms with Crippen molar-refractivity contribution in [1.29, 1.82) is 0 Å². The highest BCUT2D eigenvalue weighted by Crippen LogP contribution is 2.36. The number of rotatable bonds is 3. The van der Waals surface area contributed by atoms with E-state index < -0.39 is 5.41 Å². The summed E-state index contributed by atoms with van der Waals surface area (Å²) in [6.07, 6.45) is 0. The first-order valence-electron chi connectivity index (χ1n) is 7.13. The number of halogens is 1. The molecule has 0 aliphatic carbocycles. The Morgan fingerprint density at radius 2 is 1.64 bits per heavy atom. The van der Waals surface area contributed by atoms with E-state index in [-0.39, 0.29) is 11.8 Å². The Morgan fingerprint density at radius 1 is 1.00 bits per heavy atom. The molecule has 0 saturated carbocycles. The third-order valence-corrected chi connectivity index (χ3v) is 5.29. The predicted octanol–water partition coefficient (Wildman–Crippen LogP) is 3.52. The van der Waals surface area contributed by atoms with Crippen molar-refractivity contribution in [2.45, 2.75) is 18.9 Å². The fraction of sp³-hybridized carbons (Fsp3) is 0.222. The molecule has 1 heterocycles. The summed E-state index contributed by atoms with van der Waals surface area (Å²) in [5, 5.41) is 0.481. The molecule has 0 bridgehead atoms. The van der Waals surface area contributed by atoms with Crippen LogP contribution in [0.15, 0.2) is 54.6 Å². The lowest BCUT2D eigenvalue weighted by Crippen LogP contribution is -2.53. The summed E-state index contributed by atoms with van der Waals surface area (Å²) < 4.78 is 0. The molecule has 0 spiro atoms. The van der Waals surface area contributed by atoms with Gasteiger partial charge in [0.25, 0.3) is 5.91 Å². The van der Waals surface area contributed by atoms with Gasteiger partial charge in [0.2, 0.25) is 5.91 Å². The molecule has 0 saturated heterocycles. The SMILES string of the molecule is CC1(CBr)C(=O)N(Cc2ccccc2)C(=O)c2ccccc21. The van der Waals surface area contributed by atoms with Gasteiger partial charge in [0, 0.05) is 10.9 Å². The number of amides is 2. The zero-order chi connectivity index (χ0) is 15.7. The monoisotopic (exact) mass is 357 g/mol. The molecule has 1 aliphatic heterocycles. The van der Waals surface area contributed by atoms with Crippen LogP contribution >= 0.6 is 15.9 Å². The Kier molecular flexibility index (Phi) is 3.87. The molecule has 2 aromatic rings. The first kappa shape index (κ1) is 15.0. The molecular formula is C18H16BrNO2. The van der Waals surface area contributed by atoms with Gasteiger partial charge in [0.1, 0.15) is 0 Å². The average molecular weight is 358 g/mol. The third kappa shape index (κ3) is 2.28. The van der Waals surface area contributed by atoms with E-state index in [1.165, 1.54) is 4.90 Å². The summed E-state index contributed by atoms with van der Waals surface area (Å²) in [6.45, 7) is 2.18. The van der Waals surface area contributed by atoms with Crippen molar-refractivity contribution in [2.75, 3.05) is 5.33 Å². The molecule has 3 nitrogen and oxygen atoms in total. The number of carbonyl (C=O) groups excluding carboxylic acids is 2. The largest absolute Gasteiger partial charge is 0.273 e. The van der Waals surface area contributed by atoms with Gasteiger partial charge in [0.05, 0.1) is 12.0 Å². The Morgan fingerprint density at radius 3 is 2.32 bits per heavy atom. The fourth-order valence-corrected chi connectivity index (χ4v) is 3.38. The van der Waals surface area contributed by atoms with Crippen molar-refractivity contribution < 1.29 is 9.59 Å². The van der Waals surface area contributed by atoms with Crippen LogP contribution in [0.25, 0.3) is 0 Å². The van der Waals surface area contributed by atoms with E-state index in [2.05, 4.69) is 15.9 Å². The summed E-state index contributed by atoms with van der Waals surface area (Å²) >= 11 is 3.45. The normalized spacial score (nSPS) is 20.9. The Labute approximate surface area is 138 Å². The molecule has 2 amide bonds. The van der Waals surface area contributed by atoms with Crippen molar-refractivity contribution in [3.8, 4) is 0 Å². The summed E-state index contributed by atoms with van der Waals surface area (Å²) in [5.41, 5.74) is 1.63. The van der Waals surface area contributed by atoms with Crippen LogP contribution in [-0.4, -0.2) is 22.0 Å². The molecular weight excluding hydrogens is 342 g/mol. The summed E-state index contributed by atoms with van der Waals surface area (Å²) in [5.74, 6) is -0.375. The van der Waals surface area contributed by atoms with Crippen LogP contribution in [0.1, 0.15) is 28.4 Å². The van der Waals surface area contributed by atoms with Gasteiger partial charge in [-0.05, 0) is 24.1 Å². The lowest BCUT2D eigenvalue weighted by Gasteiger charge is -2.38. The van der Waals surface area contributed by atoms with Gasteiger partial charge in [-0.1, -0.05) is 64.5 Å². The van der Waals surface area contributed by atoms with E-state index in [1.54, 1.807) is 6.07 Å². The average Bonchev–Trinajstić information content (AvgIpc) is 2.57.